The minimum atomic E-state index is -0.105. The summed E-state index contributed by atoms with van der Waals surface area (Å²) in [7, 11) is 0. The molecule has 0 radical (unpaired) electrons. The first-order chi connectivity index (χ1) is 7.22. The van der Waals surface area contributed by atoms with Crippen LogP contribution in [0, 0.1) is 0 Å². The highest BCUT2D eigenvalue weighted by Crippen LogP contribution is 2.21. The van der Waals surface area contributed by atoms with Gasteiger partial charge >= 0.3 is 0 Å². The third-order valence-electron chi connectivity index (χ3n) is 1.80. The number of benzene rings is 1. The van der Waals surface area contributed by atoms with Gasteiger partial charge < -0.3 is 0 Å². The van der Waals surface area contributed by atoms with Gasteiger partial charge in [0.2, 0.25) is 0 Å². The van der Waals surface area contributed by atoms with E-state index < -0.39 is 0 Å². The highest BCUT2D eigenvalue weighted by atomic mass is 35.5. The van der Waals surface area contributed by atoms with E-state index in [1.807, 2.05) is 30.3 Å². The number of carbonyl (C=O) groups excluding carboxylic acids is 1. The van der Waals surface area contributed by atoms with Gasteiger partial charge in [-0.3, -0.25) is 4.79 Å². The molecule has 0 saturated carbocycles. The molecule has 82 valence electrons. The van der Waals surface area contributed by atoms with Crippen molar-refractivity contribution in [2.24, 2.45) is 0 Å². The van der Waals surface area contributed by atoms with Crippen LogP contribution >= 0.6 is 35.0 Å². The fraction of sp³-hybridized carbons (Fsp3) is 0.364. The maximum Gasteiger partial charge on any atom is 0.193 e. The smallest absolute Gasteiger partial charge is 0.193 e. The van der Waals surface area contributed by atoms with Gasteiger partial charge in [-0.15, -0.1) is 23.2 Å². The van der Waals surface area contributed by atoms with Crippen molar-refractivity contribution in [3.05, 3.63) is 30.3 Å². The minimum absolute atomic E-state index is 0.105. The van der Waals surface area contributed by atoms with E-state index >= 15 is 0 Å². The molecule has 0 heterocycles. The first-order valence-electron chi connectivity index (χ1n) is 4.68. The SMILES string of the molecule is O=C(CCC(Cl)CCl)Sc1ccccc1. The number of hydrogen-bond acceptors (Lipinski definition) is 2. The van der Waals surface area contributed by atoms with Crippen molar-refractivity contribution in [1.82, 2.24) is 0 Å². The molecule has 0 aliphatic carbocycles. The Morgan fingerprint density at radius 2 is 2.00 bits per heavy atom. The van der Waals surface area contributed by atoms with Crippen molar-refractivity contribution >= 4 is 40.1 Å². The Balaban J connectivity index is 2.31. The summed E-state index contributed by atoms with van der Waals surface area (Å²) in [6, 6.07) is 9.60. The normalized spacial score (nSPS) is 12.4. The minimum Gasteiger partial charge on any atom is -0.287 e. The fourth-order valence-electron chi connectivity index (χ4n) is 1.02. The predicted octanol–water partition coefficient (Wildman–Crippen LogP) is 3.93. The fourth-order valence-corrected chi connectivity index (χ4v) is 2.06. The highest BCUT2D eigenvalue weighted by Gasteiger charge is 2.08. The van der Waals surface area contributed by atoms with E-state index in [0.717, 1.165) is 4.90 Å². The van der Waals surface area contributed by atoms with Gasteiger partial charge in [0.05, 0.1) is 0 Å². The molecule has 1 unspecified atom stereocenters. The van der Waals surface area contributed by atoms with Crippen LogP contribution in [-0.4, -0.2) is 16.4 Å². The Hall–Kier alpha value is -0.180. The maximum atomic E-state index is 11.5. The lowest BCUT2D eigenvalue weighted by atomic mass is 10.3. The predicted molar refractivity (Wildman–Crippen MR) is 66.9 cm³/mol. The van der Waals surface area contributed by atoms with E-state index in [1.165, 1.54) is 11.8 Å². The van der Waals surface area contributed by atoms with Gasteiger partial charge in [-0.2, -0.15) is 0 Å². The van der Waals surface area contributed by atoms with Crippen LogP contribution in [0.15, 0.2) is 35.2 Å². The molecule has 4 heteroatoms. The first-order valence-corrected chi connectivity index (χ1v) is 6.47. The van der Waals surface area contributed by atoms with Gasteiger partial charge in [-0.05, 0) is 18.6 Å². The van der Waals surface area contributed by atoms with E-state index in [1.54, 1.807) is 0 Å². The molecule has 0 aliphatic rings. The molecule has 0 fully saturated rings. The second-order valence-electron chi connectivity index (χ2n) is 3.08. The number of rotatable bonds is 5. The van der Waals surface area contributed by atoms with Crippen molar-refractivity contribution in [3.63, 3.8) is 0 Å². The molecular formula is C11H12Cl2OS. The molecule has 0 bridgehead atoms. The summed E-state index contributed by atoms with van der Waals surface area (Å²) in [5, 5.41) is 0.0314. The van der Waals surface area contributed by atoms with Crippen molar-refractivity contribution < 1.29 is 4.79 Å². The van der Waals surface area contributed by atoms with Crippen LogP contribution in [0.2, 0.25) is 0 Å². The summed E-state index contributed by atoms with van der Waals surface area (Å²) < 4.78 is 0. The summed E-state index contributed by atoms with van der Waals surface area (Å²) in [5.74, 6) is 0.394. The summed E-state index contributed by atoms with van der Waals surface area (Å²) in [4.78, 5) is 12.5. The van der Waals surface area contributed by atoms with Gasteiger partial charge in [0, 0.05) is 22.6 Å². The van der Waals surface area contributed by atoms with E-state index in [-0.39, 0.29) is 10.5 Å². The van der Waals surface area contributed by atoms with Crippen LogP contribution in [0.3, 0.4) is 0 Å². The molecule has 1 rings (SSSR count). The number of alkyl halides is 2. The molecule has 15 heavy (non-hydrogen) atoms. The van der Waals surface area contributed by atoms with Gasteiger partial charge in [-0.1, -0.05) is 30.0 Å². The topological polar surface area (TPSA) is 17.1 Å². The van der Waals surface area contributed by atoms with Crippen LogP contribution < -0.4 is 0 Å². The van der Waals surface area contributed by atoms with Gasteiger partial charge in [0.1, 0.15) is 0 Å². The lowest BCUT2D eigenvalue weighted by Crippen LogP contribution is -2.03. The third-order valence-corrected chi connectivity index (χ3v) is 3.65. The number of thioether (sulfide) groups is 1. The number of hydrogen-bond donors (Lipinski definition) is 0. The Bertz CT molecular complexity index is 303. The summed E-state index contributed by atoms with van der Waals surface area (Å²) >= 11 is 12.6. The van der Waals surface area contributed by atoms with Crippen molar-refractivity contribution in [2.45, 2.75) is 23.1 Å². The van der Waals surface area contributed by atoms with E-state index in [2.05, 4.69) is 0 Å². The zero-order chi connectivity index (χ0) is 11.1. The third kappa shape index (κ3) is 5.45. The van der Waals surface area contributed by atoms with Gasteiger partial charge in [-0.25, -0.2) is 0 Å². The number of halogens is 2. The first kappa shape index (κ1) is 12.9. The largest absolute Gasteiger partial charge is 0.287 e. The van der Waals surface area contributed by atoms with Gasteiger partial charge in [0.25, 0.3) is 0 Å². The molecule has 1 atom stereocenters. The van der Waals surface area contributed by atoms with Crippen LogP contribution in [0.5, 0.6) is 0 Å². The Morgan fingerprint density at radius 1 is 1.33 bits per heavy atom. The standard InChI is InChI=1S/C11H12Cl2OS/c12-8-9(13)6-7-11(14)15-10-4-2-1-3-5-10/h1-5,9H,6-8H2. The maximum absolute atomic E-state index is 11.5. The number of carbonyl (C=O) groups is 1. The van der Waals surface area contributed by atoms with Crippen LogP contribution in [0.1, 0.15) is 12.8 Å². The molecule has 0 spiro atoms. The van der Waals surface area contributed by atoms with Gasteiger partial charge in [0.15, 0.2) is 5.12 Å². The average Bonchev–Trinajstić information content (AvgIpc) is 2.27. The summed E-state index contributed by atoms with van der Waals surface area (Å²) in [5.41, 5.74) is 0. The van der Waals surface area contributed by atoms with Crippen molar-refractivity contribution in [1.29, 1.82) is 0 Å². The molecule has 0 aromatic heterocycles. The Labute approximate surface area is 104 Å². The molecule has 0 aliphatic heterocycles. The zero-order valence-electron chi connectivity index (χ0n) is 8.16. The van der Waals surface area contributed by atoms with E-state index in [0.29, 0.717) is 18.7 Å². The zero-order valence-corrected chi connectivity index (χ0v) is 10.5. The van der Waals surface area contributed by atoms with E-state index in [9.17, 15) is 4.79 Å². The highest BCUT2D eigenvalue weighted by molar-refractivity contribution is 8.13. The summed E-state index contributed by atoms with van der Waals surface area (Å²) in [6.45, 7) is 0. The molecule has 0 amide bonds. The second-order valence-corrected chi connectivity index (χ2v) is 5.13. The Morgan fingerprint density at radius 3 is 2.60 bits per heavy atom. The molecule has 1 aromatic rings. The molecule has 1 nitrogen and oxygen atoms in total. The van der Waals surface area contributed by atoms with Crippen LogP contribution in [0.25, 0.3) is 0 Å². The Kier molecular flexibility index (Phi) is 6.15. The lowest BCUT2D eigenvalue weighted by molar-refractivity contribution is -0.111. The summed E-state index contributed by atoms with van der Waals surface area (Å²) in [6.07, 6.45) is 1.12. The molecule has 0 N–H and O–H groups in total. The quantitative estimate of drug-likeness (QED) is 0.591. The van der Waals surface area contributed by atoms with Crippen molar-refractivity contribution in [3.8, 4) is 0 Å². The second kappa shape index (κ2) is 7.15. The van der Waals surface area contributed by atoms with Crippen LogP contribution in [-0.2, 0) is 4.79 Å². The van der Waals surface area contributed by atoms with E-state index in [4.69, 9.17) is 23.2 Å². The molecule has 0 saturated heterocycles. The average molecular weight is 263 g/mol. The molecular weight excluding hydrogens is 251 g/mol. The molecule has 1 aromatic carbocycles. The lowest BCUT2D eigenvalue weighted by Gasteiger charge is -2.03. The van der Waals surface area contributed by atoms with Crippen LogP contribution in [0.4, 0.5) is 0 Å². The monoisotopic (exact) mass is 262 g/mol. The van der Waals surface area contributed by atoms with Crippen molar-refractivity contribution in [2.75, 3.05) is 5.88 Å².